The minimum Gasteiger partial charge on any atom is -0.347 e. The fourth-order valence-electron chi connectivity index (χ4n) is 2.82. The third-order valence-electron chi connectivity index (χ3n) is 4.21. The van der Waals surface area contributed by atoms with Crippen LogP contribution in [0.25, 0.3) is 0 Å². The van der Waals surface area contributed by atoms with Gasteiger partial charge in [-0.05, 0) is 52.3 Å². The molecule has 0 radical (unpaired) electrons. The SMILES string of the molecule is O=C(CNC(=O)[C@H]1CC(=O)N(c2ccc(F)cc2)C1)Nc1ccccc1Br. The number of nitrogens with zero attached hydrogens (tertiary/aromatic N) is 1. The van der Waals surface area contributed by atoms with Crippen LogP contribution in [0, 0.1) is 11.7 Å². The maximum Gasteiger partial charge on any atom is 0.243 e. The van der Waals surface area contributed by atoms with Crippen molar-refractivity contribution in [3.05, 3.63) is 58.8 Å². The number of hydrogen-bond donors (Lipinski definition) is 2. The largest absolute Gasteiger partial charge is 0.347 e. The van der Waals surface area contributed by atoms with E-state index in [0.29, 0.717) is 11.4 Å². The van der Waals surface area contributed by atoms with Gasteiger partial charge in [0.1, 0.15) is 5.82 Å². The highest BCUT2D eigenvalue weighted by atomic mass is 79.9. The number of rotatable bonds is 5. The summed E-state index contributed by atoms with van der Waals surface area (Å²) in [6.45, 7) is 0.00353. The van der Waals surface area contributed by atoms with Crippen molar-refractivity contribution in [1.29, 1.82) is 0 Å². The molecule has 2 aromatic rings. The summed E-state index contributed by atoms with van der Waals surface area (Å²) in [6.07, 6.45) is 0.0507. The first kappa shape index (κ1) is 19.0. The zero-order chi connectivity index (χ0) is 19.4. The number of carbonyl (C=O) groups excluding carboxylic acids is 3. The van der Waals surface area contributed by atoms with Gasteiger partial charge in [-0.2, -0.15) is 0 Å². The Balaban J connectivity index is 1.53. The number of halogens is 2. The van der Waals surface area contributed by atoms with E-state index in [1.165, 1.54) is 29.2 Å². The second-order valence-electron chi connectivity index (χ2n) is 6.13. The zero-order valence-corrected chi connectivity index (χ0v) is 15.8. The monoisotopic (exact) mass is 433 g/mol. The van der Waals surface area contributed by atoms with Gasteiger partial charge < -0.3 is 15.5 Å². The molecule has 0 spiro atoms. The van der Waals surface area contributed by atoms with Crippen molar-refractivity contribution in [1.82, 2.24) is 5.32 Å². The molecule has 0 aliphatic carbocycles. The molecule has 3 rings (SSSR count). The highest BCUT2D eigenvalue weighted by Gasteiger charge is 2.35. The Labute approximate surface area is 163 Å². The number of amides is 3. The Morgan fingerprint density at radius 3 is 2.56 bits per heavy atom. The summed E-state index contributed by atoms with van der Waals surface area (Å²) in [6, 6.07) is 12.7. The van der Waals surface area contributed by atoms with Crippen molar-refractivity contribution < 1.29 is 18.8 Å². The molecule has 0 unspecified atom stereocenters. The van der Waals surface area contributed by atoms with E-state index >= 15 is 0 Å². The number of para-hydroxylation sites is 1. The van der Waals surface area contributed by atoms with Crippen LogP contribution >= 0.6 is 15.9 Å². The summed E-state index contributed by atoms with van der Waals surface area (Å²) in [5.41, 5.74) is 1.15. The first-order valence-corrected chi connectivity index (χ1v) is 9.11. The first-order valence-electron chi connectivity index (χ1n) is 8.32. The normalized spacial score (nSPS) is 16.3. The second-order valence-corrected chi connectivity index (χ2v) is 6.98. The number of anilines is 2. The molecule has 0 saturated carbocycles. The Bertz CT molecular complexity index is 873. The van der Waals surface area contributed by atoms with Crippen LogP contribution < -0.4 is 15.5 Å². The van der Waals surface area contributed by atoms with Crippen molar-refractivity contribution in [3.63, 3.8) is 0 Å². The molecule has 2 N–H and O–H groups in total. The van der Waals surface area contributed by atoms with Crippen LogP contribution in [0.4, 0.5) is 15.8 Å². The van der Waals surface area contributed by atoms with Crippen molar-refractivity contribution in [3.8, 4) is 0 Å². The Hall–Kier alpha value is -2.74. The third-order valence-corrected chi connectivity index (χ3v) is 4.90. The van der Waals surface area contributed by atoms with Crippen LogP contribution in [0.3, 0.4) is 0 Å². The molecule has 1 heterocycles. The van der Waals surface area contributed by atoms with Gasteiger partial charge in [0.25, 0.3) is 0 Å². The maximum absolute atomic E-state index is 13.0. The van der Waals surface area contributed by atoms with Crippen molar-refractivity contribution >= 4 is 45.0 Å². The average Bonchev–Trinajstić information content (AvgIpc) is 3.04. The van der Waals surface area contributed by atoms with Gasteiger partial charge in [0.15, 0.2) is 0 Å². The quantitative estimate of drug-likeness (QED) is 0.760. The van der Waals surface area contributed by atoms with E-state index in [2.05, 4.69) is 26.6 Å². The lowest BCUT2D eigenvalue weighted by molar-refractivity contribution is -0.127. The van der Waals surface area contributed by atoms with Gasteiger partial charge in [-0.25, -0.2) is 4.39 Å². The standard InChI is InChI=1S/C19H17BrFN3O3/c20-15-3-1-2-4-16(15)23-17(25)10-22-19(27)12-9-18(26)24(11-12)14-7-5-13(21)6-8-14/h1-8,12H,9-11H2,(H,22,27)(H,23,25)/t12-/m0/s1. The maximum atomic E-state index is 13.0. The van der Waals surface area contributed by atoms with Gasteiger partial charge in [-0.1, -0.05) is 12.1 Å². The van der Waals surface area contributed by atoms with Crippen molar-refractivity contribution in [2.75, 3.05) is 23.3 Å². The summed E-state index contributed by atoms with van der Waals surface area (Å²) in [4.78, 5) is 37.9. The van der Waals surface area contributed by atoms with E-state index in [1.54, 1.807) is 18.2 Å². The number of nitrogens with one attached hydrogen (secondary N) is 2. The minimum atomic E-state index is -0.557. The van der Waals surface area contributed by atoms with Crippen LogP contribution in [0.2, 0.25) is 0 Å². The van der Waals surface area contributed by atoms with Crippen LogP contribution in [-0.2, 0) is 14.4 Å². The molecule has 8 heteroatoms. The summed E-state index contributed by atoms with van der Waals surface area (Å²) in [5, 5.41) is 5.25. The second kappa shape index (κ2) is 8.30. The van der Waals surface area contributed by atoms with Gasteiger partial charge in [0.05, 0.1) is 18.2 Å². The van der Waals surface area contributed by atoms with Crippen molar-refractivity contribution in [2.45, 2.75) is 6.42 Å². The number of benzene rings is 2. The molecular weight excluding hydrogens is 417 g/mol. The van der Waals surface area contributed by atoms with Gasteiger partial charge in [0, 0.05) is 23.1 Å². The van der Waals surface area contributed by atoms with Gasteiger partial charge in [-0.15, -0.1) is 0 Å². The molecule has 1 aliphatic rings. The molecular formula is C19H17BrFN3O3. The third kappa shape index (κ3) is 4.71. The minimum absolute atomic E-state index is 0.0507. The topological polar surface area (TPSA) is 78.5 Å². The van der Waals surface area contributed by atoms with E-state index in [9.17, 15) is 18.8 Å². The Morgan fingerprint density at radius 1 is 1.15 bits per heavy atom. The highest BCUT2D eigenvalue weighted by Crippen LogP contribution is 2.25. The van der Waals surface area contributed by atoms with Gasteiger partial charge in [-0.3, -0.25) is 14.4 Å². The zero-order valence-electron chi connectivity index (χ0n) is 14.2. The summed E-state index contributed by atoms with van der Waals surface area (Å²) < 4.78 is 13.8. The Morgan fingerprint density at radius 2 is 1.85 bits per heavy atom. The smallest absolute Gasteiger partial charge is 0.243 e. The van der Waals surface area contributed by atoms with Gasteiger partial charge in [0.2, 0.25) is 17.7 Å². The van der Waals surface area contributed by atoms with Gasteiger partial charge >= 0.3 is 0 Å². The van der Waals surface area contributed by atoms with E-state index in [4.69, 9.17) is 0 Å². The molecule has 6 nitrogen and oxygen atoms in total. The number of carbonyl (C=O) groups is 3. The highest BCUT2D eigenvalue weighted by molar-refractivity contribution is 9.10. The fraction of sp³-hybridized carbons (Fsp3) is 0.211. The van der Waals surface area contributed by atoms with Crippen LogP contribution in [0.15, 0.2) is 53.0 Å². The molecule has 140 valence electrons. The summed E-state index contributed by atoms with van der Waals surface area (Å²) in [7, 11) is 0. The lowest BCUT2D eigenvalue weighted by Crippen LogP contribution is -2.38. The summed E-state index contributed by atoms with van der Waals surface area (Å²) >= 11 is 3.33. The summed E-state index contributed by atoms with van der Waals surface area (Å²) in [5.74, 6) is -1.89. The predicted octanol–water partition coefficient (Wildman–Crippen LogP) is 2.70. The lowest BCUT2D eigenvalue weighted by Gasteiger charge is -2.16. The Kier molecular flexibility index (Phi) is 5.85. The molecule has 3 amide bonds. The predicted molar refractivity (Wildman–Crippen MR) is 103 cm³/mol. The lowest BCUT2D eigenvalue weighted by atomic mass is 10.1. The van der Waals surface area contributed by atoms with Crippen molar-refractivity contribution in [2.24, 2.45) is 5.92 Å². The van der Waals surface area contributed by atoms with Crippen LogP contribution in [-0.4, -0.2) is 30.8 Å². The number of hydrogen-bond acceptors (Lipinski definition) is 3. The average molecular weight is 434 g/mol. The molecule has 1 aliphatic heterocycles. The van der Waals surface area contributed by atoms with E-state index in [1.807, 2.05) is 6.07 Å². The fourth-order valence-corrected chi connectivity index (χ4v) is 3.21. The van der Waals surface area contributed by atoms with E-state index in [-0.39, 0.29) is 37.2 Å². The van der Waals surface area contributed by atoms with E-state index in [0.717, 1.165) is 4.47 Å². The first-order chi connectivity index (χ1) is 12.9. The molecule has 1 saturated heterocycles. The molecule has 1 atom stereocenters. The molecule has 1 fully saturated rings. The molecule has 27 heavy (non-hydrogen) atoms. The molecule has 0 aromatic heterocycles. The van der Waals surface area contributed by atoms with Crippen LogP contribution in [0.1, 0.15) is 6.42 Å². The van der Waals surface area contributed by atoms with Crippen LogP contribution in [0.5, 0.6) is 0 Å². The van der Waals surface area contributed by atoms with E-state index < -0.39 is 11.7 Å². The molecule has 0 bridgehead atoms. The molecule has 2 aromatic carbocycles.